The van der Waals surface area contributed by atoms with Gasteiger partial charge in [0, 0.05) is 17.4 Å². The molecule has 3 aromatic heterocycles. The molecule has 4 rings (SSSR count). The summed E-state index contributed by atoms with van der Waals surface area (Å²) in [4.78, 5) is 19.9. The molecule has 0 N–H and O–H groups in total. The van der Waals surface area contributed by atoms with Gasteiger partial charge in [0.15, 0.2) is 0 Å². The normalized spacial score (nSPS) is 12.2. The average Bonchev–Trinajstić information content (AvgIpc) is 3.01. The molecule has 0 saturated carbocycles. The molecule has 4 aromatic rings. The van der Waals surface area contributed by atoms with E-state index >= 15 is 0 Å². The molecule has 0 unspecified atom stereocenters. The summed E-state index contributed by atoms with van der Waals surface area (Å²) < 4.78 is 40.6. The summed E-state index contributed by atoms with van der Waals surface area (Å²) in [6.45, 7) is 0. The average molecular weight is 400 g/mol. The van der Waals surface area contributed by atoms with Gasteiger partial charge in [-0.15, -0.1) is 5.10 Å². The van der Waals surface area contributed by atoms with Crippen molar-refractivity contribution in [3.8, 4) is 5.69 Å². The Morgan fingerprint density at radius 2 is 1.88 bits per heavy atom. The molecule has 0 aliphatic heterocycles. The number of hydrogen-bond donors (Lipinski definition) is 0. The van der Waals surface area contributed by atoms with Crippen molar-refractivity contribution in [1.29, 1.82) is 0 Å². The molecule has 0 amide bonds. The highest BCUT2D eigenvalue weighted by Gasteiger charge is 2.36. The molecule has 0 radical (unpaired) electrons. The van der Waals surface area contributed by atoms with Crippen LogP contribution in [0.15, 0.2) is 41.5 Å². The first-order chi connectivity index (χ1) is 12.3. The predicted molar refractivity (Wildman–Crippen MR) is 88.9 cm³/mol. The van der Waals surface area contributed by atoms with Crippen LogP contribution in [0, 0.1) is 0 Å². The Morgan fingerprint density at radius 1 is 1.12 bits per heavy atom. The monoisotopic (exact) mass is 399 g/mol. The van der Waals surface area contributed by atoms with Crippen LogP contribution in [0.4, 0.5) is 13.2 Å². The van der Waals surface area contributed by atoms with Gasteiger partial charge in [-0.1, -0.05) is 23.2 Å². The number of pyridine rings is 1. The highest BCUT2D eigenvalue weighted by molar-refractivity contribution is 6.35. The van der Waals surface area contributed by atoms with E-state index in [0.717, 1.165) is 10.7 Å². The van der Waals surface area contributed by atoms with E-state index in [1.165, 1.54) is 22.9 Å². The lowest BCUT2D eigenvalue weighted by Crippen LogP contribution is -2.19. The smallest absolute Gasteiger partial charge is 0.282 e. The van der Waals surface area contributed by atoms with Crippen molar-refractivity contribution in [3.63, 3.8) is 0 Å². The summed E-state index contributed by atoms with van der Waals surface area (Å²) in [6, 6.07) is 6.03. The standard InChI is InChI=1S/C15H6Cl2F3N5O/c16-7-1-2-11(9(17)5-7)24-4-3-10-8(12(24)26)6-21-14-22-13(15(18,19)20)23-25(10)14/h1-6H. The molecular weight excluding hydrogens is 394 g/mol. The zero-order chi connectivity index (χ0) is 18.6. The summed E-state index contributed by atoms with van der Waals surface area (Å²) in [5.41, 5.74) is -0.00727. The number of rotatable bonds is 1. The minimum atomic E-state index is -4.72. The van der Waals surface area contributed by atoms with E-state index in [9.17, 15) is 18.0 Å². The van der Waals surface area contributed by atoms with Crippen LogP contribution in [0.3, 0.4) is 0 Å². The van der Waals surface area contributed by atoms with Crippen LogP contribution in [0.25, 0.3) is 22.4 Å². The van der Waals surface area contributed by atoms with E-state index < -0.39 is 17.6 Å². The lowest BCUT2D eigenvalue weighted by Gasteiger charge is -2.09. The van der Waals surface area contributed by atoms with E-state index in [1.54, 1.807) is 12.1 Å². The minimum Gasteiger partial charge on any atom is -0.282 e. The molecule has 6 nitrogen and oxygen atoms in total. The summed E-state index contributed by atoms with van der Waals surface area (Å²) >= 11 is 12.0. The molecule has 132 valence electrons. The fourth-order valence-electron chi connectivity index (χ4n) is 2.51. The van der Waals surface area contributed by atoms with Crippen molar-refractivity contribution >= 4 is 39.9 Å². The fourth-order valence-corrected chi connectivity index (χ4v) is 3.01. The molecule has 0 bridgehead atoms. The largest absolute Gasteiger partial charge is 0.453 e. The first-order valence-corrected chi connectivity index (χ1v) is 7.81. The van der Waals surface area contributed by atoms with E-state index in [2.05, 4.69) is 15.1 Å². The fraction of sp³-hybridized carbons (Fsp3) is 0.0667. The molecule has 3 heterocycles. The summed E-state index contributed by atoms with van der Waals surface area (Å²) in [5, 5.41) is 4.12. The third kappa shape index (κ3) is 2.60. The zero-order valence-electron chi connectivity index (χ0n) is 12.5. The van der Waals surface area contributed by atoms with Gasteiger partial charge in [0.05, 0.1) is 21.6 Å². The van der Waals surface area contributed by atoms with E-state index in [1.807, 2.05) is 0 Å². The second-order valence-corrected chi connectivity index (χ2v) is 6.13. The zero-order valence-corrected chi connectivity index (χ0v) is 14.0. The van der Waals surface area contributed by atoms with Gasteiger partial charge in [0.1, 0.15) is 0 Å². The number of nitrogens with zero attached hydrogens (tertiary/aromatic N) is 5. The molecule has 26 heavy (non-hydrogen) atoms. The lowest BCUT2D eigenvalue weighted by molar-refractivity contribution is -0.144. The maximum atomic E-state index is 12.8. The van der Waals surface area contributed by atoms with Gasteiger partial charge in [-0.25, -0.2) is 4.98 Å². The second kappa shape index (κ2) is 5.68. The number of alkyl halides is 3. The van der Waals surface area contributed by atoms with Crippen molar-refractivity contribution in [2.45, 2.75) is 6.18 Å². The molecule has 0 saturated heterocycles. The molecule has 1 aromatic carbocycles. The van der Waals surface area contributed by atoms with Gasteiger partial charge in [-0.2, -0.15) is 22.7 Å². The first-order valence-electron chi connectivity index (χ1n) is 7.05. The van der Waals surface area contributed by atoms with Crippen LogP contribution >= 0.6 is 23.2 Å². The second-order valence-electron chi connectivity index (χ2n) is 5.29. The number of benzene rings is 1. The number of fused-ring (bicyclic) bond motifs is 3. The van der Waals surface area contributed by atoms with Crippen LogP contribution in [0.2, 0.25) is 10.0 Å². The Hall–Kier alpha value is -2.65. The Labute approximate surface area is 152 Å². The third-order valence-electron chi connectivity index (χ3n) is 3.66. The number of aromatic nitrogens is 5. The lowest BCUT2D eigenvalue weighted by atomic mass is 10.2. The van der Waals surface area contributed by atoms with E-state index in [0.29, 0.717) is 10.7 Å². The van der Waals surface area contributed by atoms with Gasteiger partial charge < -0.3 is 0 Å². The molecule has 0 aliphatic rings. The summed E-state index contributed by atoms with van der Waals surface area (Å²) in [5.74, 6) is -1.59. The van der Waals surface area contributed by atoms with E-state index in [4.69, 9.17) is 23.2 Å². The highest BCUT2D eigenvalue weighted by Crippen LogP contribution is 2.27. The Morgan fingerprint density at radius 3 is 2.58 bits per heavy atom. The van der Waals surface area contributed by atoms with Gasteiger partial charge in [-0.3, -0.25) is 9.36 Å². The topological polar surface area (TPSA) is 65.1 Å². The van der Waals surface area contributed by atoms with Gasteiger partial charge in [0.25, 0.3) is 17.2 Å². The molecule has 0 fully saturated rings. The summed E-state index contributed by atoms with van der Waals surface area (Å²) in [6.07, 6.45) is -2.18. The maximum Gasteiger partial charge on any atom is 0.453 e. The molecule has 0 atom stereocenters. The Bertz CT molecular complexity index is 1230. The molecule has 11 heteroatoms. The Kier molecular flexibility index (Phi) is 3.67. The predicted octanol–water partition coefficient (Wildman–Crippen LogP) is 3.75. The van der Waals surface area contributed by atoms with Crippen LogP contribution < -0.4 is 5.56 Å². The third-order valence-corrected chi connectivity index (χ3v) is 4.19. The van der Waals surface area contributed by atoms with Crippen LogP contribution in [0.1, 0.15) is 5.82 Å². The number of halogens is 5. The SMILES string of the molecule is O=c1c2cnc3nc(C(F)(F)F)nn3c2ccn1-c1ccc(Cl)cc1Cl. The van der Waals surface area contributed by atoms with Gasteiger partial charge >= 0.3 is 6.18 Å². The molecule has 0 aliphatic carbocycles. The quantitative estimate of drug-likeness (QED) is 0.488. The van der Waals surface area contributed by atoms with E-state index in [-0.39, 0.29) is 21.7 Å². The molecule has 0 spiro atoms. The first kappa shape index (κ1) is 16.8. The van der Waals surface area contributed by atoms with Gasteiger partial charge in [-0.05, 0) is 24.3 Å². The molecular formula is C15H6Cl2F3N5O. The van der Waals surface area contributed by atoms with Crippen molar-refractivity contribution in [1.82, 2.24) is 24.1 Å². The highest BCUT2D eigenvalue weighted by atomic mass is 35.5. The Balaban J connectivity index is 1.99. The van der Waals surface area contributed by atoms with Gasteiger partial charge in [0.2, 0.25) is 0 Å². The summed E-state index contributed by atoms with van der Waals surface area (Å²) in [7, 11) is 0. The van der Waals surface area contributed by atoms with Crippen molar-refractivity contribution in [2.24, 2.45) is 0 Å². The van der Waals surface area contributed by atoms with Crippen LogP contribution in [-0.2, 0) is 6.18 Å². The van der Waals surface area contributed by atoms with Crippen molar-refractivity contribution < 1.29 is 13.2 Å². The minimum absolute atomic E-state index is 0.0599. The van der Waals surface area contributed by atoms with Crippen LogP contribution in [-0.4, -0.2) is 24.1 Å². The maximum absolute atomic E-state index is 12.8. The van der Waals surface area contributed by atoms with Crippen molar-refractivity contribution in [3.05, 3.63) is 62.9 Å². The van der Waals surface area contributed by atoms with Crippen molar-refractivity contribution in [2.75, 3.05) is 0 Å². The number of hydrogen-bond acceptors (Lipinski definition) is 4. The van der Waals surface area contributed by atoms with Crippen LogP contribution in [0.5, 0.6) is 0 Å².